The quantitative estimate of drug-likeness (QED) is 0.711. The first-order valence-corrected chi connectivity index (χ1v) is 4.87. The van der Waals surface area contributed by atoms with Crippen molar-refractivity contribution in [3.8, 4) is 5.88 Å². The van der Waals surface area contributed by atoms with E-state index < -0.39 is 0 Å². The van der Waals surface area contributed by atoms with Gasteiger partial charge in [0, 0.05) is 19.2 Å². The van der Waals surface area contributed by atoms with Crippen molar-refractivity contribution in [1.29, 1.82) is 0 Å². The standard InChI is InChI=1S/C10H15N3O/c1-7-8(11-2)6-13-10-9(7)12-4-3-5-14-10/h6,11-12H,3-5H2,1-2H3. The van der Waals surface area contributed by atoms with E-state index in [1.807, 2.05) is 7.05 Å². The Balaban J connectivity index is 2.44. The number of ether oxygens (including phenoxy) is 1. The molecule has 0 unspecified atom stereocenters. The highest BCUT2D eigenvalue weighted by molar-refractivity contribution is 5.68. The van der Waals surface area contributed by atoms with Crippen molar-refractivity contribution in [2.75, 3.05) is 30.8 Å². The van der Waals surface area contributed by atoms with Crippen molar-refractivity contribution in [1.82, 2.24) is 4.98 Å². The number of nitrogens with zero attached hydrogens (tertiary/aromatic N) is 1. The number of pyridine rings is 1. The van der Waals surface area contributed by atoms with Gasteiger partial charge in [-0.25, -0.2) is 4.98 Å². The summed E-state index contributed by atoms with van der Waals surface area (Å²) >= 11 is 0. The van der Waals surface area contributed by atoms with Gasteiger partial charge in [0.1, 0.15) is 5.69 Å². The van der Waals surface area contributed by atoms with E-state index in [0.29, 0.717) is 0 Å². The first-order chi connectivity index (χ1) is 6.83. The van der Waals surface area contributed by atoms with Crippen LogP contribution in [0.2, 0.25) is 0 Å². The molecule has 0 amide bonds. The lowest BCUT2D eigenvalue weighted by Crippen LogP contribution is -2.03. The van der Waals surface area contributed by atoms with Gasteiger partial charge >= 0.3 is 0 Å². The number of anilines is 2. The van der Waals surface area contributed by atoms with Gasteiger partial charge in [0.05, 0.1) is 18.5 Å². The van der Waals surface area contributed by atoms with Gasteiger partial charge < -0.3 is 15.4 Å². The molecule has 1 aromatic rings. The zero-order valence-corrected chi connectivity index (χ0v) is 8.55. The van der Waals surface area contributed by atoms with E-state index in [9.17, 15) is 0 Å². The molecule has 2 rings (SSSR count). The Kier molecular flexibility index (Phi) is 2.43. The van der Waals surface area contributed by atoms with E-state index in [4.69, 9.17) is 4.74 Å². The molecule has 4 heteroatoms. The minimum Gasteiger partial charge on any atom is -0.476 e. The van der Waals surface area contributed by atoms with Crippen molar-refractivity contribution < 1.29 is 4.74 Å². The number of nitrogens with one attached hydrogen (secondary N) is 2. The fraction of sp³-hybridized carbons (Fsp3) is 0.500. The van der Waals surface area contributed by atoms with Crippen LogP contribution in [0.5, 0.6) is 5.88 Å². The Bertz CT molecular complexity index is 338. The Labute approximate surface area is 83.7 Å². The van der Waals surface area contributed by atoms with Crippen LogP contribution in [0, 0.1) is 6.92 Å². The molecule has 0 aliphatic carbocycles. The van der Waals surface area contributed by atoms with Crippen molar-refractivity contribution in [3.63, 3.8) is 0 Å². The zero-order valence-electron chi connectivity index (χ0n) is 8.55. The number of hydrogen-bond acceptors (Lipinski definition) is 4. The molecular formula is C10H15N3O. The summed E-state index contributed by atoms with van der Waals surface area (Å²) in [7, 11) is 1.90. The van der Waals surface area contributed by atoms with Gasteiger partial charge in [0.15, 0.2) is 0 Å². The molecule has 0 spiro atoms. The van der Waals surface area contributed by atoms with Gasteiger partial charge in [0.25, 0.3) is 0 Å². The van der Waals surface area contributed by atoms with Crippen molar-refractivity contribution >= 4 is 11.4 Å². The van der Waals surface area contributed by atoms with Crippen LogP contribution in [0.3, 0.4) is 0 Å². The molecule has 2 N–H and O–H groups in total. The van der Waals surface area contributed by atoms with Crippen molar-refractivity contribution in [2.45, 2.75) is 13.3 Å². The lowest BCUT2D eigenvalue weighted by Gasteiger charge is -2.13. The Morgan fingerprint density at radius 1 is 1.57 bits per heavy atom. The van der Waals surface area contributed by atoms with Crippen molar-refractivity contribution in [3.05, 3.63) is 11.8 Å². The third-order valence-corrected chi connectivity index (χ3v) is 2.43. The Morgan fingerprint density at radius 2 is 2.43 bits per heavy atom. The molecule has 1 aromatic heterocycles. The number of fused-ring (bicyclic) bond motifs is 1. The highest BCUT2D eigenvalue weighted by Gasteiger charge is 2.14. The fourth-order valence-electron chi connectivity index (χ4n) is 1.60. The molecule has 4 nitrogen and oxygen atoms in total. The summed E-state index contributed by atoms with van der Waals surface area (Å²) in [4.78, 5) is 4.26. The van der Waals surface area contributed by atoms with Crippen LogP contribution in [-0.4, -0.2) is 25.2 Å². The highest BCUT2D eigenvalue weighted by atomic mass is 16.5. The maximum absolute atomic E-state index is 5.53. The van der Waals surface area contributed by atoms with Crippen LogP contribution in [0.25, 0.3) is 0 Å². The molecular weight excluding hydrogens is 178 g/mol. The highest BCUT2D eigenvalue weighted by Crippen LogP contribution is 2.31. The predicted molar refractivity (Wildman–Crippen MR) is 57.1 cm³/mol. The molecule has 1 aliphatic heterocycles. The third-order valence-electron chi connectivity index (χ3n) is 2.43. The maximum atomic E-state index is 5.53. The van der Waals surface area contributed by atoms with E-state index in [0.717, 1.165) is 36.8 Å². The van der Waals surface area contributed by atoms with Crippen LogP contribution in [0.4, 0.5) is 11.4 Å². The molecule has 1 aliphatic rings. The van der Waals surface area contributed by atoms with Crippen LogP contribution < -0.4 is 15.4 Å². The first-order valence-electron chi connectivity index (χ1n) is 4.87. The summed E-state index contributed by atoms with van der Waals surface area (Å²) in [6.45, 7) is 3.75. The van der Waals surface area contributed by atoms with E-state index in [-0.39, 0.29) is 0 Å². The normalized spacial score (nSPS) is 14.7. The average Bonchev–Trinajstić information content (AvgIpc) is 2.44. The second-order valence-electron chi connectivity index (χ2n) is 3.36. The van der Waals surface area contributed by atoms with Crippen molar-refractivity contribution in [2.24, 2.45) is 0 Å². The van der Waals surface area contributed by atoms with Gasteiger partial charge in [-0.05, 0) is 13.3 Å². The summed E-state index contributed by atoms with van der Waals surface area (Å²) in [6.07, 6.45) is 2.83. The maximum Gasteiger partial charge on any atom is 0.237 e. The second kappa shape index (κ2) is 3.74. The second-order valence-corrected chi connectivity index (χ2v) is 3.36. The minimum atomic E-state index is 0.721. The average molecular weight is 193 g/mol. The number of aromatic nitrogens is 1. The van der Waals surface area contributed by atoms with Gasteiger partial charge in [-0.15, -0.1) is 0 Å². The molecule has 0 saturated carbocycles. The first kappa shape index (κ1) is 9.12. The molecule has 0 atom stereocenters. The zero-order chi connectivity index (χ0) is 9.97. The molecule has 0 bridgehead atoms. The number of rotatable bonds is 1. The topological polar surface area (TPSA) is 46.2 Å². The van der Waals surface area contributed by atoms with Crippen LogP contribution >= 0.6 is 0 Å². The van der Waals surface area contributed by atoms with Gasteiger partial charge in [0.2, 0.25) is 5.88 Å². The lowest BCUT2D eigenvalue weighted by atomic mass is 10.2. The van der Waals surface area contributed by atoms with E-state index in [1.165, 1.54) is 5.56 Å². The largest absolute Gasteiger partial charge is 0.476 e. The minimum absolute atomic E-state index is 0.721. The molecule has 0 fully saturated rings. The number of hydrogen-bond donors (Lipinski definition) is 2. The fourth-order valence-corrected chi connectivity index (χ4v) is 1.60. The molecule has 0 saturated heterocycles. The van der Waals surface area contributed by atoms with E-state index >= 15 is 0 Å². The lowest BCUT2D eigenvalue weighted by molar-refractivity contribution is 0.311. The Morgan fingerprint density at radius 3 is 3.21 bits per heavy atom. The van der Waals surface area contributed by atoms with E-state index in [1.54, 1.807) is 6.20 Å². The van der Waals surface area contributed by atoms with Crippen LogP contribution in [0.1, 0.15) is 12.0 Å². The van der Waals surface area contributed by atoms with Gasteiger partial charge in [-0.1, -0.05) is 0 Å². The predicted octanol–water partition coefficient (Wildman–Crippen LogP) is 1.63. The molecule has 76 valence electrons. The van der Waals surface area contributed by atoms with Gasteiger partial charge in [-0.3, -0.25) is 0 Å². The summed E-state index contributed by atoms with van der Waals surface area (Å²) in [5, 5.41) is 6.45. The summed E-state index contributed by atoms with van der Waals surface area (Å²) in [6, 6.07) is 0. The summed E-state index contributed by atoms with van der Waals surface area (Å²) in [5.74, 6) is 0.721. The third kappa shape index (κ3) is 1.47. The molecule has 0 radical (unpaired) electrons. The monoisotopic (exact) mass is 193 g/mol. The van der Waals surface area contributed by atoms with E-state index in [2.05, 4.69) is 22.5 Å². The molecule has 0 aromatic carbocycles. The summed E-state index contributed by atoms with van der Waals surface area (Å²) < 4.78 is 5.53. The Hall–Kier alpha value is -1.45. The molecule has 14 heavy (non-hydrogen) atoms. The van der Waals surface area contributed by atoms with Crippen LogP contribution in [-0.2, 0) is 0 Å². The van der Waals surface area contributed by atoms with Gasteiger partial charge in [-0.2, -0.15) is 0 Å². The SMILES string of the molecule is CNc1cnc2c(c1C)NCCCO2. The summed E-state index contributed by atoms with van der Waals surface area (Å²) in [5.41, 5.74) is 3.23. The smallest absolute Gasteiger partial charge is 0.237 e. The molecule has 2 heterocycles. The van der Waals surface area contributed by atoms with Crippen LogP contribution in [0.15, 0.2) is 6.20 Å².